The van der Waals surface area contributed by atoms with Crippen molar-refractivity contribution in [2.24, 2.45) is 0 Å². The maximum atomic E-state index is 14.2. The van der Waals surface area contributed by atoms with Crippen LogP contribution in [0.15, 0.2) is 66.7 Å². The van der Waals surface area contributed by atoms with E-state index < -0.39 is 34.3 Å². The van der Waals surface area contributed by atoms with Crippen molar-refractivity contribution in [1.82, 2.24) is 10.2 Å². The quantitative estimate of drug-likeness (QED) is 0.265. The molecule has 0 aromatic heterocycles. The van der Waals surface area contributed by atoms with E-state index in [2.05, 4.69) is 5.32 Å². The second kappa shape index (κ2) is 14.1. The fourth-order valence-electron chi connectivity index (χ4n) is 5.03. The average molecular weight is 655 g/mol. The highest BCUT2D eigenvalue weighted by Gasteiger charge is 2.35. The maximum Gasteiger partial charge on any atom is 0.244 e. The molecule has 1 aliphatic rings. The van der Waals surface area contributed by atoms with Gasteiger partial charge in [-0.25, -0.2) is 12.8 Å². The molecule has 0 heterocycles. The number of nitrogens with zero attached hydrogens (tertiary/aromatic N) is 2. The van der Waals surface area contributed by atoms with Gasteiger partial charge >= 0.3 is 0 Å². The van der Waals surface area contributed by atoms with Crippen molar-refractivity contribution < 1.29 is 22.4 Å². The van der Waals surface area contributed by atoms with Crippen LogP contribution < -0.4 is 9.62 Å². The molecule has 4 rings (SSSR count). The average Bonchev–Trinajstić information content (AvgIpc) is 3.45. The lowest BCUT2D eigenvalue weighted by atomic mass is 10.0. The summed E-state index contributed by atoms with van der Waals surface area (Å²) in [5, 5.41) is 3.37. The number of benzene rings is 3. The number of nitrogens with one attached hydrogen (secondary N) is 1. The first-order valence-electron chi connectivity index (χ1n) is 13.4. The predicted molar refractivity (Wildman–Crippen MR) is 165 cm³/mol. The first kappa shape index (κ1) is 32.1. The summed E-state index contributed by atoms with van der Waals surface area (Å²) >= 11 is 18.9. The smallest absolute Gasteiger partial charge is 0.244 e. The van der Waals surface area contributed by atoms with E-state index >= 15 is 0 Å². The molecule has 0 radical (unpaired) electrons. The van der Waals surface area contributed by atoms with Crippen molar-refractivity contribution in [1.29, 1.82) is 0 Å². The van der Waals surface area contributed by atoms with Crippen LogP contribution in [0.1, 0.15) is 36.8 Å². The van der Waals surface area contributed by atoms with E-state index in [0.29, 0.717) is 15.6 Å². The molecule has 3 aromatic rings. The Morgan fingerprint density at radius 3 is 2.19 bits per heavy atom. The molecule has 224 valence electrons. The summed E-state index contributed by atoms with van der Waals surface area (Å²) in [7, 11) is -4.04. The van der Waals surface area contributed by atoms with Crippen LogP contribution in [0.25, 0.3) is 0 Å². The molecule has 1 saturated carbocycles. The summed E-state index contributed by atoms with van der Waals surface area (Å²) in [5.74, 6) is -1.78. The van der Waals surface area contributed by atoms with E-state index in [1.54, 1.807) is 18.2 Å². The lowest BCUT2D eigenvalue weighted by molar-refractivity contribution is -0.140. The van der Waals surface area contributed by atoms with Crippen molar-refractivity contribution >= 4 is 62.3 Å². The molecule has 7 nitrogen and oxygen atoms in total. The van der Waals surface area contributed by atoms with Gasteiger partial charge in [0.1, 0.15) is 18.4 Å². The summed E-state index contributed by atoms with van der Waals surface area (Å²) in [6, 6.07) is 16.5. The molecule has 0 bridgehead atoms. The zero-order valence-corrected chi connectivity index (χ0v) is 26.0. The number of amides is 2. The Morgan fingerprint density at radius 2 is 1.60 bits per heavy atom. The van der Waals surface area contributed by atoms with E-state index in [1.165, 1.54) is 11.0 Å². The number of rotatable bonds is 11. The van der Waals surface area contributed by atoms with Crippen LogP contribution in [0.4, 0.5) is 10.1 Å². The number of sulfonamides is 1. The van der Waals surface area contributed by atoms with E-state index in [9.17, 15) is 22.4 Å². The van der Waals surface area contributed by atoms with Crippen molar-refractivity contribution in [3.8, 4) is 0 Å². The highest BCUT2D eigenvalue weighted by atomic mass is 35.5. The van der Waals surface area contributed by atoms with Gasteiger partial charge in [-0.3, -0.25) is 13.9 Å². The van der Waals surface area contributed by atoms with Crippen LogP contribution in [0.2, 0.25) is 15.1 Å². The minimum atomic E-state index is -4.04. The van der Waals surface area contributed by atoms with Crippen LogP contribution in [-0.4, -0.2) is 50.0 Å². The molecule has 0 saturated heterocycles. The van der Waals surface area contributed by atoms with Crippen molar-refractivity contribution in [3.05, 3.63) is 98.7 Å². The molecule has 0 aliphatic heterocycles. The fraction of sp³-hybridized carbons (Fsp3) is 0.333. The van der Waals surface area contributed by atoms with Crippen LogP contribution in [0.3, 0.4) is 0 Å². The Kier molecular flexibility index (Phi) is 10.8. The Balaban J connectivity index is 1.77. The summed E-state index contributed by atoms with van der Waals surface area (Å²) < 4.78 is 40.5. The molecule has 1 unspecified atom stereocenters. The Hall–Kier alpha value is -2.85. The lowest BCUT2D eigenvalue weighted by Gasteiger charge is -2.34. The molecule has 0 spiro atoms. The van der Waals surface area contributed by atoms with E-state index in [0.717, 1.165) is 53.9 Å². The van der Waals surface area contributed by atoms with E-state index in [4.69, 9.17) is 34.8 Å². The predicted octanol–water partition coefficient (Wildman–Crippen LogP) is 6.25. The molecular formula is C30H31Cl3FN3O4S. The standard InChI is InChI=1S/C30H31Cl3FN3O4S/c1-42(40,41)37(22-14-15-27(34)26(33)17-22)19-29(38)36(18-23-24(31)12-7-13-25(23)32)28(16-20-8-3-2-4-9-20)30(39)35-21-10-5-6-11-21/h2-4,7-9,12-15,17,21,28H,5-6,10-11,16,18-19H2,1H3,(H,35,39). The maximum absolute atomic E-state index is 14.2. The zero-order valence-electron chi connectivity index (χ0n) is 22.9. The summed E-state index contributed by atoms with van der Waals surface area (Å²) in [4.78, 5) is 29.4. The second-order valence-electron chi connectivity index (χ2n) is 10.3. The number of anilines is 1. The number of carbonyl (C=O) groups excluding carboxylic acids is 2. The molecule has 1 atom stereocenters. The van der Waals surface area contributed by atoms with Gasteiger partial charge in [-0.2, -0.15) is 0 Å². The fourth-order valence-corrected chi connectivity index (χ4v) is 6.56. The molecule has 3 aromatic carbocycles. The summed E-state index contributed by atoms with van der Waals surface area (Å²) in [6.45, 7) is -0.834. The van der Waals surface area contributed by atoms with Gasteiger partial charge in [-0.15, -0.1) is 0 Å². The van der Waals surface area contributed by atoms with Crippen molar-refractivity contribution in [3.63, 3.8) is 0 Å². The number of carbonyl (C=O) groups is 2. The molecule has 1 fully saturated rings. The van der Waals surface area contributed by atoms with Gasteiger partial charge in [0.15, 0.2) is 0 Å². The van der Waals surface area contributed by atoms with Gasteiger partial charge in [0.25, 0.3) is 0 Å². The van der Waals surface area contributed by atoms with Gasteiger partial charge in [-0.05, 0) is 48.7 Å². The lowest BCUT2D eigenvalue weighted by Crippen LogP contribution is -2.54. The zero-order chi connectivity index (χ0) is 30.4. The number of halogens is 4. The highest BCUT2D eigenvalue weighted by molar-refractivity contribution is 7.92. The summed E-state index contributed by atoms with van der Waals surface area (Å²) in [6.07, 6.45) is 4.75. The molecular weight excluding hydrogens is 624 g/mol. The van der Waals surface area contributed by atoms with Crippen LogP contribution >= 0.6 is 34.8 Å². The van der Waals surface area contributed by atoms with Gasteiger partial charge in [0.2, 0.25) is 21.8 Å². The Morgan fingerprint density at radius 1 is 0.952 bits per heavy atom. The SMILES string of the molecule is CS(=O)(=O)N(CC(=O)N(Cc1c(Cl)cccc1Cl)C(Cc1ccccc1)C(=O)NC1CCCC1)c1ccc(F)c(Cl)c1. The van der Waals surface area contributed by atoms with Crippen LogP contribution in [-0.2, 0) is 32.6 Å². The Bertz CT molecular complexity index is 1520. The monoisotopic (exact) mass is 653 g/mol. The third kappa shape index (κ3) is 8.16. The molecule has 1 aliphatic carbocycles. The highest BCUT2D eigenvalue weighted by Crippen LogP contribution is 2.29. The second-order valence-corrected chi connectivity index (χ2v) is 13.4. The Labute approximate surface area is 260 Å². The van der Waals surface area contributed by atoms with Gasteiger partial charge in [-0.1, -0.05) is 84.0 Å². The molecule has 1 N–H and O–H groups in total. The first-order valence-corrected chi connectivity index (χ1v) is 16.4. The van der Waals surface area contributed by atoms with Gasteiger partial charge < -0.3 is 10.2 Å². The van der Waals surface area contributed by atoms with Crippen molar-refractivity contribution in [2.45, 2.75) is 50.7 Å². The number of hydrogen-bond acceptors (Lipinski definition) is 4. The summed E-state index contributed by atoms with van der Waals surface area (Å²) in [5.41, 5.74) is 1.22. The first-order chi connectivity index (χ1) is 19.9. The van der Waals surface area contributed by atoms with Crippen LogP contribution in [0, 0.1) is 5.82 Å². The third-order valence-electron chi connectivity index (χ3n) is 7.23. The number of hydrogen-bond donors (Lipinski definition) is 1. The van der Waals surface area contributed by atoms with E-state index in [1.807, 2.05) is 30.3 Å². The molecule has 42 heavy (non-hydrogen) atoms. The topological polar surface area (TPSA) is 86.8 Å². The van der Waals surface area contributed by atoms with E-state index in [-0.39, 0.29) is 35.6 Å². The minimum absolute atomic E-state index is 0.00277. The largest absolute Gasteiger partial charge is 0.352 e. The third-order valence-corrected chi connectivity index (χ3v) is 9.37. The normalized spacial score (nSPS) is 14.4. The molecule has 12 heteroatoms. The van der Waals surface area contributed by atoms with Gasteiger partial charge in [0.05, 0.1) is 17.0 Å². The van der Waals surface area contributed by atoms with Gasteiger partial charge in [0, 0.05) is 34.6 Å². The van der Waals surface area contributed by atoms with Crippen LogP contribution in [0.5, 0.6) is 0 Å². The molecule has 2 amide bonds. The minimum Gasteiger partial charge on any atom is -0.352 e. The van der Waals surface area contributed by atoms with Crippen molar-refractivity contribution in [2.75, 3.05) is 17.1 Å².